The van der Waals surface area contributed by atoms with E-state index in [9.17, 15) is 0 Å². The Hall–Kier alpha value is -9.92. The summed E-state index contributed by atoms with van der Waals surface area (Å²) in [6.07, 6.45) is 0. The molecule has 7 heteroatoms. The molecular formula is C78H55BN4S2. The van der Waals surface area contributed by atoms with Gasteiger partial charge in [0.05, 0.1) is 11.4 Å². The van der Waals surface area contributed by atoms with E-state index < -0.39 is 0 Å². The van der Waals surface area contributed by atoms with E-state index >= 15 is 0 Å². The molecule has 0 amide bonds. The number of aryl methyl sites for hydroxylation is 4. The Labute approximate surface area is 503 Å². The highest BCUT2D eigenvalue weighted by Crippen LogP contribution is 2.51. The van der Waals surface area contributed by atoms with Crippen LogP contribution < -0.4 is 36.0 Å². The maximum atomic E-state index is 2.62. The minimum Gasteiger partial charge on any atom is -0.311 e. The predicted octanol–water partition coefficient (Wildman–Crippen LogP) is 21.0. The van der Waals surface area contributed by atoms with Gasteiger partial charge in [0.15, 0.2) is 0 Å². The van der Waals surface area contributed by atoms with Crippen LogP contribution in [0.3, 0.4) is 0 Å². The minimum absolute atomic E-state index is 0.0475. The van der Waals surface area contributed by atoms with Crippen LogP contribution in [0.25, 0.3) is 61.9 Å². The van der Waals surface area contributed by atoms with Crippen LogP contribution >= 0.6 is 22.7 Å². The molecule has 0 fully saturated rings. The molecule has 13 aromatic carbocycles. The Bertz CT molecular complexity index is 4770. The van der Waals surface area contributed by atoms with Gasteiger partial charge >= 0.3 is 0 Å². The van der Waals surface area contributed by atoms with Crippen LogP contribution in [0, 0.1) is 27.7 Å². The van der Waals surface area contributed by atoms with Gasteiger partial charge in [0.25, 0.3) is 6.71 Å². The fraction of sp³-hybridized carbons (Fsp3) is 0.0513. The lowest BCUT2D eigenvalue weighted by Gasteiger charge is -2.45. The van der Waals surface area contributed by atoms with Crippen LogP contribution in [0.1, 0.15) is 22.3 Å². The van der Waals surface area contributed by atoms with Gasteiger partial charge in [-0.05, 0) is 221 Å². The largest absolute Gasteiger partial charge is 0.311 e. The average Bonchev–Trinajstić information content (AvgIpc) is 2.84. The van der Waals surface area contributed by atoms with Crippen molar-refractivity contribution in [3.63, 3.8) is 0 Å². The third-order valence-corrected chi connectivity index (χ3v) is 20.2. The van der Waals surface area contributed by atoms with Crippen molar-refractivity contribution in [2.24, 2.45) is 0 Å². The summed E-state index contributed by atoms with van der Waals surface area (Å²) >= 11 is 3.84. The highest BCUT2D eigenvalue weighted by atomic mass is 32.1. The van der Waals surface area contributed by atoms with Crippen molar-refractivity contribution in [2.75, 3.05) is 19.6 Å². The standard InChI is InChI=1S/C78H55BN4S2/c1-48-20-17-21-49(2)77(48)82-68-32-19-33-69-76(68)79(66-46-74-64(44-70(66)82)62-40-52-34-36-60(38-54(52)42-72(62)84-74)80(56-24-9-5-10-25-56)57-26-11-6-12-27-57)67-47-75-65(45-71(67)83(69)78-50(3)22-18-23-51(78)4)63-41-53-35-37-61(39-55(53)43-73(63)85-75)81(58-28-13-7-14-29-58)59-30-15-8-16-31-59/h5-47H,1-4H3. The number of anilines is 12. The topological polar surface area (TPSA) is 13.0 Å². The summed E-state index contributed by atoms with van der Waals surface area (Å²) in [6.45, 7) is 9.07. The molecule has 4 heterocycles. The normalized spacial score (nSPS) is 12.6. The Kier molecular flexibility index (Phi) is 11.3. The van der Waals surface area contributed by atoms with Crippen molar-refractivity contribution in [1.82, 2.24) is 0 Å². The van der Waals surface area contributed by atoms with Crippen LogP contribution in [0.5, 0.6) is 0 Å². The fourth-order valence-electron chi connectivity index (χ4n) is 14.2. The van der Waals surface area contributed by atoms with Crippen LogP contribution in [0.2, 0.25) is 0 Å². The molecule has 0 radical (unpaired) electrons. The number of benzene rings is 13. The van der Waals surface area contributed by atoms with Crippen LogP contribution in [-0.4, -0.2) is 6.71 Å². The van der Waals surface area contributed by atoms with Gasteiger partial charge in [-0.25, -0.2) is 0 Å². The lowest BCUT2D eigenvalue weighted by atomic mass is 9.33. The first-order valence-electron chi connectivity index (χ1n) is 29.3. The van der Waals surface area contributed by atoms with Gasteiger partial charge in [0.2, 0.25) is 0 Å². The van der Waals surface area contributed by atoms with Gasteiger partial charge in [-0.15, -0.1) is 22.7 Å². The molecule has 85 heavy (non-hydrogen) atoms. The molecule has 0 aliphatic carbocycles. The number of nitrogens with zero attached hydrogens (tertiary/aromatic N) is 4. The van der Waals surface area contributed by atoms with Gasteiger partial charge < -0.3 is 19.6 Å². The number of hydrogen-bond acceptors (Lipinski definition) is 6. The lowest BCUT2D eigenvalue weighted by Crippen LogP contribution is -2.61. The number of para-hydroxylation sites is 6. The third-order valence-electron chi connectivity index (χ3n) is 18.0. The zero-order chi connectivity index (χ0) is 56.6. The smallest absolute Gasteiger partial charge is 0.252 e. The summed E-state index contributed by atoms with van der Waals surface area (Å²) in [7, 11) is 0. The molecule has 15 aromatic rings. The van der Waals surface area contributed by atoms with Crippen molar-refractivity contribution in [3.8, 4) is 0 Å². The summed E-state index contributed by atoms with van der Waals surface area (Å²) in [5, 5.41) is 10.1. The van der Waals surface area contributed by atoms with Crippen molar-refractivity contribution in [3.05, 3.63) is 283 Å². The van der Waals surface area contributed by atoms with E-state index in [1.807, 2.05) is 22.7 Å². The summed E-state index contributed by atoms with van der Waals surface area (Å²) in [6, 6.07) is 97.4. The van der Waals surface area contributed by atoms with E-state index in [1.165, 1.54) is 135 Å². The van der Waals surface area contributed by atoms with E-state index in [0.717, 1.165) is 34.1 Å². The van der Waals surface area contributed by atoms with Gasteiger partial charge in [0.1, 0.15) is 0 Å². The molecule has 0 unspecified atom stereocenters. The molecule has 0 bridgehead atoms. The number of fused-ring (bicyclic) bond motifs is 12. The van der Waals surface area contributed by atoms with E-state index in [-0.39, 0.29) is 6.71 Å². The van der Waals surface area contributed by atoms with Crippen LogP contribution in [-0.2, 0) is 0 Å². The quantitative estimate of drug-likeness (QED) is 0.141. The summed E-state index contributed by atoms with van der Waals surface area (Å²) in [5.41, 5.74) is 23.2. The first-order chi connectivity index (χ1) is 41.8. The average molecular weight is 1120 g/mol. The van der Waals surface area contributed by atoms with Gasteiger partial charge in [-0.3, -0.25) is 0 Å². The molecule has 4 nitrogen and oxygen atoms in total. The Morgan fingerprint density at radius 2 is 0.624 bits per heavy atom. The van der Waals surface area contributed by atoms with Crippen molar-refractivity contribution in [1.29, 1.82) is 0 Å². The van der Waals surface area contributed by atoms with Crippen molar-refractivity contribution in [2.45, 2.75) is 27.7 Å². The summed E-state index contributed by atoms with van der Waals surface area (Å²) in [5.74, 6) is 0. The maximum Gasteiger partial charge on any atom is 0.252 e. The highest BCUT2D eigenvalue weighted by Gasteiger charge is 2.45. The second-order valence-corrected chi connectivity index (χ2v) is 25.3. The molecule has 0 saturated heterocycles. The van der Waals surface area contributed by atoms with Crippen LogP contribution in [0.4, 0.5) is 68.2 Å². The third kappa shape index (κ3) is 7.81. The molecule has 402 valence electrons. The second-order valence-electron chi connectivity index (χ2n) is 23.1. The number of hydrogen-bond donors (Lipinski definition) is 0. The van der Waals surface area contributed by atoms with Gasteiger partial charge in [0, 0.05) is 97.2 Å². The number of thiophene rings is 2. The maximum absolute atomic E-state index is 2.62. The Morgan fingerprint density at radius 1 is 0.282 bits per heavy atom. The summed E-state index contributed by atoms with van der Waals surface area (Å²) < 4.78 is 5.17. The summed E-state index contributed by atoms with van der Waals surface area (Å²) in [4.78, 5) is 9.96. The minimum atomic E-state index is -0.0475. The van der Waals surface area contributed by atoms with E-state index in [4.69, 9.17) is 0 Å². The molecule has 2 aliphatic heterocycles. The zero-order valence-corrected chi connectivity index (χ0v) is 49.1. The molecular weight excluding hydrogens is 1070 g/mol. The highest BCUT2D eigenvalue weighted by molar-refractivity contribution is 7.26. The van der Waals surface area contributed by atoms with Gasteiger partial charge in [-0.2, -0.15) is 0 Å². The number of rotatable bonds is 8. The first-order valence-corrected chi connectivity index (χ1v) is 31.0. The predicted molar refractivity (Wildman–Crippen MR) is 370 cm³/mol. The first kappa shape index (κ1) is 49.7. The molecule has 17 rings (SSSR count). The molecule has 0 N–H and O–H groups in total. The molecule has 2 aromatic heterocycles. The van der Waals surface area contributed by atoms with Crippen LogP contribution in [0.15, 0.2) is 261 Å². The fourth-order valence-corrected chi connectivity index (χ4v) is 16.5. The van der Waals surface area contributed by atoms with E-state index in [0.29, 0.717) is 0 Å². The molecule has 0 spiro atoms. The molecule has 0 saturated carbocycles. The van der Waals surface area contributed by atoms with E-state index in [2.05, 4.69) is 308 Å². The Balaban J connectivity index is 0.888. The molecule has 0 atom stereocenters. The van der Waals surface area contributed by atoms with Crippen molar-refractivity contribution >= 4 is 176 Å². The molecule has 2 aliphatic rings. The lowest BCUT2D eigenvalue weighted by molar-refractivity contribution is 1.20. The van der Waals surface area contributed by atoms with E-state index in [1.54, 1.807) is 0 Å². The second kappa shape index (κ2) is 19.3. The Morgan fingerprint density at radius 3 is 1.00 bits per heavy atom. The van der Waals surface area contributed by atoms with Crippen molar-refractivity contribution < 1.29 is 0 Å². The SMILES string of the molecule is Cc1cccc(C)c1N1c2cc3c(cc2B2c4cc5sc6cc7cc(N(c8ccccc8)c8ccccc8)ccc7cc6c5cc4N(c4c(C)cccc4C)c4cccc1c42)sc1cc2cc(N(c4ccccc4)c4ccccc4)ccc2cc13. The monoisotopic (exact) mass is 1120 g/mol. The van der Waals surface area contributed by atoms with Gasteiger partial charge in [-0.1, -0.05) is 127 Å². The zero-order valence-electron chi connectivity index (χ0n) is 47.5.